The van der Waals surface area contributed by atoms with Crippen molar-refractivity contribution in [3.05, 3.63) is 0 Å². The number of hydrogen-bond donors (Lipinski definition) is 2. The summed E-state index contributed by atoms with van der Waals surface area (Å²) in [5.74, 6) is 0.367. The third-order valence-corrected chi connectivity index (χ3v) is 2.37. The maximum atomic E-state index is 11.1. The minimum Gasteiger partial charge on any atom is -0.381 e. The molecule has 0 aliphatic heterocycles. The van der Waals surface area contributed by atoms with E-state index in [1.54, 1.807) is 0 Å². The highest BCUT2D eigenvalue weighted by molar-refractivity contribution is 5.79. The average Bonchev–Trinajstić information content (AvgIpc) is 2.21. The zero-order chi connectivity index (χ0) is 12.4. The Morgan fingerprint density at radius 1 is 1.31 bits per heavy atom. The van der Waals surface area contributed by atoms with Crippen LogP contribution in [-0.4, -0.2) is 31.7 Å². The third-order valence-electron chi connectivity index (χ3n) is 2.37. The Morgan fingerprint density at radius 3 is 2.44 bits per heavy atom. The van der Waals surface area contributed by atoms with Crippen molar-refractivity contribution in [2.24, 2.45) is 11.7 Å². The lowest BCUT2D eigenvalue weighted by Crippen LogP contribution is -2.42. The molecule has 3 N–H and O–H groups in total. The molecule has 96 valence electrons. The quantitative estimate of drug-likeness (QED) is 0.556. The highest BCUT2D eigenvalue weighted by Crippen LogP contribution is 2.00. The van der Waals surface area contributed by atoms with Crippen LogP contribution in [0.2, 0.25) is 0 Å². The van der Waals surface area contributed by atoms with Crippen LogP contribution in [0.5, 0.6) is 0 Å². The molecule has 0 aromatic carbocycles. The normalized spacial score (nSPS) is 13.0. The van der Waals surface area contributed by atoms with Crippen molar-refractivity contribution in [3.63, 3.8) is 0 Å². The predicted molar refractivity (Wildman–Crippen MR) is 66.2 cm³/mol. The average molecular weight is 230 g/mol. The van der Waals surface area contributed by atoms with E-state index in [0.717, 1.165) is 26.0 Å². The van der Waals surface area contributed by atoms with E-state index < -0.39 is 0 Å². The monoisotopic (exact) mass is 230 g/mol. The van der Waals surface area contributed by atoms with Gasteiger partial charge >= 0.3 is 0 Å². The molecule has 4 nitrogen and oxygen atoms in total. The Morgan fingerprint density at radius 2 is 1.94 bits per heavy atom. The minimum atomic E-state index is -0.291. The lowest BCUT2D eigenvalue weighted by atomic mass is 10.1. The molecule has 0 aromatic rings. The molecule has 0 fully saturated rings. The first-order valence-electron chi connectivity index (χ1n) is 6.18. The molecule has 0 heterocycles. The number of carbonyl (C=O) groups is 1. The number of ether oxygens (including phenoxy) is 1. The molecule has 0 spiro atoms. The van der Waals surface area contributed by atoms with Crippen LogP contribution in [0.4, 0.5) is 0 Å². The fraction of sp³-hybridized carbons (Fsp3) is 0.917. The van der Waals surface area contributed by atoms with E-state index in [4.69, 9.17) is 10.5 Å². The molecule has 16 heavy (non-hydrogen) atoms. The topological polar surface area (TPSA) is 64.3 Å². The van der Waals surface area contributed by atoms with Crippen LogP contribution in [0.25, 0.3) is 0 Å². The van der Waals surface area contributed by atoms with Gasteiger partial charge in [-0.05, 0) is 31.7 Å². The number of nitrogens with one attached hydrogen (secondary N) is 1. The molecular weight excluding hydrogens is 204 g/mol. The van der Waals surface area contributed by atoms with Gasteiger partial charge in [-0.25, -0.2) is 0 Å². The van der Waals surface area contributed by atoms with Gasteiger partial charge < -0.3 is 15.8 Å². The summed E-state index contributed by atoms with van der Waals surface area (Å²) in [6.07, 6.45) is 2.72. The fourth-order valence-electron chi connectivity index (χ4n) is 1.29. The lowest BCUT2D eigenvalue weighted by molar-refractivity contribution is -0.120. The molecule has 0 bridgehead atoms. The maximum Gasteiger partial charge on any atom is 0.234 e. The van der Waals surface area contributed by atoms with Crippen molar-refractivity contribution in [2.45, 2.75) is 46.1 Å². The molecule has 0 saturated carbocycles. The lowest BCUT2D eigenvalue weighted by Gasteiger charge is -2.15. The van der Waals surface area contributed by atoms with Crippen molar-refractivity contribution < 1.29 is 9.53 Å². The predicted octanol–water partition coefficient (Wildman–Crippen LogP) is 1.29. The first-order chi connectivity index (χ1) is 7.57. The molecule has 0 saturated heterocycles. The Kier molecular flexibility index (Phi) is 9.24. The first-order valence-corrected chi connectivity index (χ1v) is 6.18. The van der Waals surface area contributed by atoms with Crippen molar-refractivity contribution in [1.29, 1.82) is 0 Å². The summed E-state index contributed by atoms with van der Waals surface area (Å²) in [5.41, 5.74) is 5.28. The highest BCUT2D eigenvalue weighted by Gasteiger charge is 2.13. The number of rotatable bonds is 10. The Bertz CT molecular complexity index is 184. The summed E-state index contributed by atoms with van der Waals surface area (Å²) < 4.78 is 5.46. The number of amides is 1. The van der Waals surface area contributed by atoms with Crippen LogP contribution < -0.4 is 11.1 Å². The van der Waals surface area contributed by atoms with E-state index >= 15 is 0 Å². The Labute approximate surface area is 98.9 Å². The fourth-order valence-corrected chi connectivity index (χ4v) is 1.29. The van der Waals surface area contributed by atoms with Crippen LogP contribution >= 0.6 is 0 Å². The molecule has 0 radical (unpaired) electrons. The van der Waals surface area contributed by atoms with Gasteiger partial charge in [0.2, 0.25) is 5.91 Å². The number of hydrogen-bond acceptors (Lipinski definition) is 3. The molecular formula is C12H26N2O2. The maximum absolute atomic E-state index is 11.1. The van der Waals surface area contributed by atoms with Gasteiger partial charge in [-0.15, -0.1) is 0 Å². The van der Waals surface area contributed by atoms with E-state index in [9.17, 15) is 4.79 Å². The van der Waals surface area contributed by atoms with Crippen LogP contribution in [-0.2, 0) is 9.53 Å². The molecule has 0 aromatic heterocycles. The SMILES string of the molecule is CCCNC(CCOCCC(C)C)C(N)=O. The van der Waals surface area contributed by atoms with Gasteiger partial charge in [0.05, 0.1) is 6.04 Å². The molecule has 1 amide bonds. The van der Waals surface area contributed by atoms with E-state index in [2.05, 4.69) is 26.1 Å². The summed E-state index contributed by atoms with van der Waals surface area (Å²) >= 11 is 0. The van der Waals surface area contributed by atoms with E-state index in [1.165, 1.54) is 0 Å². The van der Waals surface area contributed by atoms with Crippen LogP contribution in [0, 0.1) is 5.92 Å². The van der Waals surface area contributed by atoms with Crippen LogP contribution in [0.3, 0.4) is 0 Å². The molecule has 4 heteroatoms. The van der Waals surface area contributed by atoms with Gasteiger partial charge in [0.25, 0.3) is 0 Å². The molecule has 0 aliphatic rings. The van der Waals surface area contributed by atoms with Crippen molar-refractivity contribution in [1.82, 2.24) is 5.32 Å². The van der Waals surface area contributed by atoms with Crippen molar-refractivity contribution in [2.75, 3.05) is 19.8 Å². The second-order valence-corrected chi connectivity index (χ2v) is 4.49. The second kappa shape index (κ2) is 9.60. The molecule has 0 aliphatic carbocycles. The van der Waals surface area contributed by atoms with Gasteiger partial charge in [-0.2, -0.15) is 0 Å². The van der Waals surface area contributed by atoms with Gasteiger partial charge in [0.15, 0.2) is 0 Å². The third kappa shape index (κ3) is 8.68. The molecule has 1 atom stereocenters. The smallest absolute Gasteiger partial charge is 0.234 e. The summed E-state index contributed by atoms with van der Waals surface area (Å²) in [6, 6.07) is -0.251. The summed E-state index contributed by atoms with van der Waals surface area (Å²) in [5, 5.41) is 3.11. The number of nitrogens with two attached hydrogens (primary N) is 1. The van der Waals surface area contributed by atoms with E-state index in [0.29, 0.717) is 18.9 Å². The van der Waals surface area contributed by atoms with Gasteiger partial charge in [0.1, 0.15) is 0 Å². The van der Waals surface area contributed by atoms with Crippen molar-refractivity contribution in [3.8, 4) is 0 Å². The summed E-state index contributed by atoms with van der Waals surface area (Å²) in [7, 11) is 0. The molecule has 0 rings (SSSR count). The van der Waals surface area contributed by atoms with E-state index in [-0.39, 0.29) is 11.9 Å². The summed E-state index contributed by atoms with van der Waals surface area (Å²) in [6.45, 7) is 8.56. The summed E-state index contributed by atoms with van der Waals surface area (Å²) in [4.78, 5) is 11.1. The zero-order valence-electron chi connectivity index (χ0n) is 10.8. The molecule has 1 unspecified atom stereocenters. The second-order valence-electron chi connectivity index (χ2n) is 4.49. The van der Waals surface area contributed by atoms with Gasteiger partial charge in [0, 0.05) is 13.2 Å². The zero-order valence-corrected chi connectivity index (χ0v) is 10.8. The largest absolute Gasteiger partial charge is 0.381 e. The first kappa shape index (κ1) is 15.4. The van der Waals surface area contributed by atoms with Crippen LogP contribution in [0.15, 0.2) is 0 Å². The number of primary amides is 1. The standard InChI is InChI=1S/C12H26N2O2/c1-4-7-14-11(12(13)15)6-9-16-8-5-10(2)3/h10-11,14H,4-9H2,1-3H3,(H2,13,15). The highest BCUT2D eigenvalue weighted by atomic mass is 16.5. The number of carbonyl (C=O) groups excluding carboxylic acids is 1. The Hall–Kier alpha value is -0.610. The Balaban J connectivity index is 3.56. The van der Waals surface area contributed by atoms with E-state index in [1.807, 2.05) is 0 Å². The minimum absolute atomic E-state index is 0.251. The van der Waals surface area contributed by atoms with Gasteiger partial charge in [-0.3, -0.25) is 4.79 Å². The van der Waals surface area contributed by atoms with Crippen molar-refractivity contribution >= 4 is 5.91 Å². The van der Waals surface area contributed by atoms with Crippen LogP contribution in [0.1, 0.15) is 40.0 Å². The van der Waals surface area contributed by atoms with Gasteiger partial charge in [-0.1, -0.05) is 20.8 Å².